The Balaban J connectivity index is 3.60. The quantitative estimate of drug-likeness (QED) is 0.577. The lowest BCUT2D eigenvalue weighted by molar-refractivity contribution is 1.22. The van der Waals surface area contributed by atoms with Gasteiger partial charge in [-0.05, 0) is 49.9 Å². The second-order valence-corrected chi connectivity index (χ2v) is 3.33. The Labute approximate surface area is 73.6 Å². The van der Waals surface area contributed by atoms with E-state index in [1.807, 2.05) is 13.8 Å². The van der Waals surface area contributed by atoms with Gasteiger partial charge in [0.2, 0.25) is 0 Å². The van der Waals surface area contributed by atoms with Crippen molar-refractivity contribution in [2.45, 2.75) is 27.7 Å². The molecule has 0 aliphatic rings. The van der Waals surface area contributed by atoms with Crippen molar-refractivity contribution in [3.8, 4) is 0 Å². The molecular weight excluding hydrogens is 148 g/mol. The summed E-state index contributed by atoms with van der Waals surface area (Å²) in [6.07, 6.45) is 0. The lowest BCUT2D eigenvalue weighted by Gasteiger charge is -2.14. The van der Waals surface area contributed by atoms with E-state index in [9.17, 15) is 0 Å². The van der Waals surface area contributed by atoms with Crippen LogP contribution in [0.4, 0.5) is 11.4 Å². The minimum atomic E-state index is 0.732. The largest absolute Gasteiger partial charge is 0.397 e. The molecule has 0 spiro atoms. The van der Waals surface area contributed by atoms with Crippen LogP contribution in [-0.2, 0) is 0 Å². The second-order valence-electron chi connectivity index (χ2n) is 3.33. The first-order valence-corrected chi connectivity index (χ1v) is 4.08. The number of hydrogen-bond donors (Lipinski definition) is 2. The minimum absolute atomic E-state index is 0.732. The average Bonchev–Trinajstić information content (AvgIpc) is 2.08. The molecule has 12 heavy (non-hydrogen) atoms. The van der Waals surface area contributed by atoms with E-state index in [-0.39, 0.29) is 0 Å². The molecule has 0 radical (unpaired) electrons. The topological polar surface area (TPSA) is 52.0 Å². The van der Waals surface area contributed by atoms with Crippen LogP contribution in [0, 0.1) is 27.7 Å². The van der Waals surface area contributed by atoms with Gasteiger partial charge in [-0.1, -0.05) is 0 Å². The standard InChI is InChI=1S/C10H16N2/c1-5-6(2)8(4)10(12)9(11)7(5)3/h11-12H2,1-4H3. The van der Waals surface area contributed by atoms with E-state index in [0.717, 1.165) is 22.5 Å². The van der Waals surface area contributed by atoms with Gasteiger partial charge in [0.15, 0.2) is 0 Å². The Morgan fingerprint density at radius 2 is 0.833 bits per heavy atom. The highest BCUT2D eigenvalue weighted by atomic mass is 14.7. The van der Waals surface area contributed by atoms with Crippen LogP contribution in [-0.4, -0.2) is 0 Å². The summed E-state index contributed by atoms with van der Waals surface area (Å²) in [5.41, 5.74) is 17.8. The van der Waals surface area contributed by atoms with Crippen LogP contribution in [0.5, 0.6) is 0 Å². The van der Waals surface area contributed by atoms with Crippen LogP contribution in [0.3, 0.4) is 0 Å². The van der Waals surface area contributed by atoms with Gasteiger partial charge in [0.25, 0.3) is 0 Å². The number of rotatable bonds is 0. The molecule has 0 bridgehead atoms. The molecule has 66 valence electrons. The van der Waals surface area contributed by atoms with Crippen LogP contribution in [0.15, 0.2) is 0 Å². The van der Waals surface area contributed by atoms with Gasteiger partial charge in [-0.15, -0.1) is 0 Å². The van der Waals surface area contributed by atoms with E-state index in [2.05, 4.69) is 13.8 Å². The lowest BCUT2D eigenvalue weighted by Crippen LogP contribution is -2.04. The Morgan fingerprint density at radius 3 is 1.08 bits per heavy atom. The van der Waals surface area contributed by atoms with E-state index in [1.165, 1.54) is 11.1 Å². The van der Waals surface area contributed by atoms with Crippen molar-refractivity contribution in [1.29, 1.82) is 0 Å². The predicted molar refractivity (Wildman–Crippen MR) is 54.2 cm³/mol. The molecule has 2 heteroatoms. The third kappa shape index (κ3) is 1.04. The zero-order valence-corrected chi connectivity index (χ0v) is 8.15. The van der Waals surface area contributed by atoms with E-state index < -0.39 is 0 Å². The van der Waals surface area contributed by atoms with Crippen molar-refractivity contribution in [2.24, 2.45) is 0 Å². The summed E-state index contributed by atoms with van der Waals surface area (Å²) >= 11 is 0. The molecule has 0 saturated carbocycles. The van der Waals surface area contributed by atoms with E-state index >= 15 is 0 Å². The number of benzene rings is 1. The van der Waals surface area contributed by atoms with Gasteiger partial charge in [0.1, 0.15) is 0 Å². The van der Waals surface area contributed by atoms with Gasteiger partial charge in [-0.3, -0.25) is 0 Å². The Kier molecular flexibility index (Phi) is 2.01. The average molecular weight is 164 g/mol. The lowest BCUT2D eigenvalue weighted by atomic mass is 9.96. The molecule has 1 aromatic carbocycles. The summed E-state index contributed by atoms with van der Waals surface area (Å²) in [5.74, 6) is 0. The SMILES string of the molecule is Cc1c(C)c(C)c(N)c(N)c1C. The predicted octanol–water partition coefficient (Wildman–Crippen LogP) is 2.08. The van der Waals surface area contributed by atoms with Crippen LogP contribution in [0.2, 0.25) is 0 Å². The molecular formula is C10H16N2. The third-order valence-corrected chi connectivity index (χ3v) is 2.79. The van der Waals surface area contributed by atoms with Crippen molar-refractivity contribution in [1.82, 2.24) is 0 Å². The smallest absolute Gasteiger partial charge is 0.0583 e. The summed E-state index contributed by atoms with van der Waals surface area (Å²) in [6, 6.07) is 0. The molecule has 0 heterocycles. The maximum atomic E-state index is 5.83. The minimum Gasteiger partial charge on any atom is -0.397 e. The first kappa shape index (κ1) is 8.91. The number of nitrogen functional groups attached to an aromatic ring is 2. The molecule has 4 N–H and O–H groups in total. The Morgan fingerprint density at radius 1 is 0.583 bits per heavy atom. The number of hydrogen-bond acceptors (Lipinski definition) is 2. The Bertz CT molecular complexity index is 222. The number of nitrogens with two attached hydrogens (primary N) is 2. The zero-order valence-electron chi connectivity index (χ0n) is 8.15. The third-order valence-electron chi connectivity index (χ3n) is 2.79. The first-order chi connectivity index (χ1) is 5.46. The summed E-state index contributed by atoms with van der Waals surface area (Å²) in [6.45, 7) is 8.17. The van der Waals surface area contributed by atoms with Crippen LogP contribution in [0.25, 0.3) is 0 Å². The molecule has 2 nitrogen and oxygen atoms in total. The van der Waals surface area contributed by atoms with E-state index in [4.69, 9.17) is 11.5 Å². The first-order valence-electron chi connectivity index (χ1n) is 4.08. The molecule has 0 amide bonds. The summed E-state index contributed by atoms with van der Waals surface area (Å²) in [7, 11) is 0. The molecule has 1 aromatic rings. The van der Waals surface area contributed by atoms with Crippen molar-refractivity contribution >= 4 is 11.4 Å². The molecule has 0 aliphatic carbocycles. The van der Waals surface area contributed by atoms with Gasteiger partial charge in [-0.2, -0.15) is 0 Å². The summed E-state index contributed by atoms with van der Waals surface area (Å²) in [5, 5.41) is 0. The van der Waals surface area contributed by atoms with Crippen LogP contribution < -0.4 is 11.5 Å². The molecule has 0 aliphatic heterocycles. The highest BCUT2D eigenvalue weighted by Gasteiger charge is 2.09. The van der Waals surface area contributed by atoms with Gasteiger partial charge >= 0.3 is 0 Å². The van der Waals surface area contributed by atoms with Crippen molar-refractivity contribution in [3.05, 3.63) is 22.3 Å². The normalized spacial score (nSPS) is 10.3. The molecule has 0 unspecified atom stereocenters. The fourth-order valence-electron chi connectivity index (χ4n) is 1.37. The van der Waals surface area contributed by atoms with E-state index in [0.29, 0.717) is 0 Å². The summed E-state index contributed by atoms with van der Waals surface area (Å²) < 4.78 is 0. The number of anilines is 2. The van der Waals surface area contributed by atoms with E-state index in [1.54, 1.807) is 0 Å². The summed E-state index contributed by atoms with van der Waals surface area (Å²) in [4.78, 5) is 0. The Hall–Kier alpha value is -1.18. The second kappa shape index (κ2) is 2.70. The fourth-order valence-corrected chi connectivity index (χ4v) is 1.37. The highest BCUT2D eigenvalue weighted by Crippen LogP contribution is 2.29. The highest BCUT2D eigenvalue weighted by molar-refractivity contribution is 5.74. The zero-order chi connectivity index (χ0) is 9.46. The molecule has 0 fully saturated rings. The van der Waals surface area contributed by atoms with Crippen LogP contribution >= 0.6 is 0 Å². The van der Waals surface area contributed by atoms with Crippen molar-refractivity contribution < 1.29 is 0 Å². The molecule has 0 saturated heterocycles. The fraction of sp³-hybridized carbons (Fsp3) is 0.400. The van der Waals surface area contributed by atoms with Gasteiger partial charge in [0, 0.05) is 0 Å². The maximum Gasteiger partial charge on any atom is 0.0583 e. The van der Waals surface area contributed by atoms with Crippen molar-refractivity contribution in [3.63, 3.8) is 0 Å². The van der Waals surface area contributed by atoms with Crippen LogP contribution in [0.1, 0.15) is 22.3 Å². The van der Waals surface area contributed by atoms with Gasteiger partial charge in [-0.25, -0.2) is 0 Å². The molecule has 1 rings (SSSR count). The van der Waals surface area contributed by atoms with Gasteiger partial charge < -0.3 is 11.5 Å². The monoisotopic (exact) mass is 164 g/mol. The van der Waals surface area contributed by atoms with Gasteiger partial charge in [0.05, 0.1) is 11.4 Å². The molecule has 0 aromatic heterocycles. The van der Waals surface area contributed by atoms with Crippen molar-refractivity contribution in [2.75, 3.05) is 11.5 Å². The maximum absolute atomic E-state index is 5.83. The molecule has 0 atom stereocenters.